The van der Waals surface area contributed by atoms with Crippen LogP contribution in [0.3, 0.4) is 0 Å². The summed E-state index contributed by atoms with van der Waals surface area (Å²) in [4.78, 5) is 12.8. The van der Waals surface area contributed by atoms with Crippen molar-refractivity contribution in [3.63, 3.8) is 0 Å². The number of phenolic OH excluding ortho intramolecular Hbond substituents is 1. The first-order valence-corrected chi connectivity index (χ1v) is 5.77. The van der Waals surface area contributed by atoms with Gasteiger partial charge in [-0.15, -0.1) is 11.6 Å². The molecule has 1 N–H and O–H groups in total. The van der Waals surface area contributed by atoms with E-state index in [9.17, 15) is 9.90 Å². The van der Waals surface area contributed by atoms with Crippen molar-refractivity contribution in [1.29, 1.82) is 0 Å². The van der Waals surface area contributed by atoms with E-state index < -0.39 is 0 Å². The second-order valence-corrected chi connectivity index (χ2v) is 3.97. The molecule has 1 rings (SSSR count). The minimum atomic E-state index is -0.0996. The van der Waals surface area contributed by atoms with Crippen molar-refractivity contribution >= 4 is 17.5 Å². The molecule has 0 saturated carbocycles. The van der Waals surface area contributed by atoms with Crippen molar-refractivity contribution in [2.45, 2.75) is 6.42 Å². The number of likely N-dealkylation sites (N-methyl/N-ethyl adjacent to an activating group) is 1. The highest BCUT2D eigenvalue weighted by Crippen LogP contribution is 2.26. The van der Waals surface area contributed by atoms with Crippen LogP contribution in [0.1, 0.15) is 5.56 Å². The third-order valence-corrected chi connectivity index (χ3v) is 2.75. The fourth-order valence-electron chi connectivity index (χ4n) is 1.40. The number of methoxy groups -OCH3 is 1. The van der Waals surface area contributed by atoms with Gasteiger partial charge in [0.1, 0.15) is 5.88 Å². The third-order valence-electron chi connectivity index (χ3n) is 2.52. The molecular weight excluding hydrogens is 242 g/mol. The average molecular weight is 258 g/mol. The van der Waals surface area contributed by atoms with Gasteiger partial charge < -0.3 is 14.7 Å². The molecule has 1 amide bonds. The number of nitrogens with zero attached hydrogens (tertiary/aromatic N) is 1. The topological polar surface area (TPSA) is 49.8 Å². The van der Waals surface area contributed by atoms with Gasteiger partial charge in [0.05, 0.1) is 7.11 Å². The second-order valence-electron chi connectivity index (χ2n) is 3.71. The van der Waals surface area contributed by atoms with Crippen LogP contribution < -0.4 is 4.74 Å². The molecule has 0 aromatic heterocycles. The minimum absolute atomic E-state index is 0.00456. The van der Waals surface area contributed by atoms with Gasteiger partial charge in [-0.25, -0.2) is 0 Å². The van der Waals surface area contributed by atoms with Crippen LogP contribution in [0.15, 0.2) is 18.2 Å². The van der Waals surface area contributed by atoms with Crippen LogP contribution >= 0.6 is 11.6 Å². The molecule has 94 valence electrons. The molecule has 0 aliphatic rings. The molecule has 0 saturated heterocycles. The SMILES string of the molecule is COc1cc(CCN(C)C(=O)CCl)ccc1O. The van der Waals surface area contributed by atoms with Gasteiger partial charge in [-0.1, -0.05) is 6.07 Å². The first-order valence-electron chi connectivity index (χ1n) is 5.24. The van der Waals surface area contributed by atoms with Crippen molar-refractivity contribution in [3.8, 4) is 11.5 Å². The minimum Gasteiger partial charge on any atom is -0.504 e. The molecular formula is C12H16ClNO3. The van der Waals surface area contributed by atoms with Gasteiger partial charge in [0, 0.05) is 13.6 Å². The molecule has 0 atom stereocenters. The predicted octanol–water partition coefficient (Wildman–Crippen LogP) is 1.64. The molecule has 0 aliphatic carbocycles. The van der Waals surface area contributed by atoms with Crippen LogP contribution in [0.5, 0.6) is 11.5 Å². The standard InChI is InChI=1S/C12H16ClNO3/c1-14(12(16)8-13)6-5-9-3-4-10(15)11(7-9)17-2/h3-4,7,15H,5-6,8H2,1-2H3. The Kier molecular flexibility index (Phi) is 5.10. The molecule has 5 heteroatoms. The number of halogens is 1. The highest BCUT2D eigenvalue weighted by atomic mass is 35.5. The molecule has 0 unspecified atom stereocenters. The number of benzene rings is 1. The normalized spacial score (nSPS) is 10.1. The van der Waals surface area contributed by atoms with Gasteiger partial charge in [-0.05, 0) is 24.1 Å². The van der Waals surface area contributed by atoms with E-state index in [-0.39, 0.29) is 17.5 Å². The summed E-state index contributed by atoms with van der Waals surface area (Å²) in [5.41, 5.74) is 0.994. The summed E-state index contributed by atoms with van der Waals surface area (Å²) in [7, 11) is 3.21. The summed E-state index contributed by atoms with van der Waals surface area (Å²) >= 11 is 5.45. The first-order chi connectivity index (χ1) is 8.08. The van der Waals surface area contributed by atoms with Crippen molar-refractivity contribution in [3.05, 3.63) is 23.8 Å². The molecule has 1 aromatic rings. The first kappa shape index (κ1) is 13.6. The van der Waals surface area contributed by atoms with Gasteiger partial charge in [0.15, 0.2) is 11.5 Å². The van der Waals surface area contributed by atoms with E-state index in [1.807, 2.05) is 0 Å². The zero-order valence-electron chi connectivity index (χ0n) is 9.94. The summed E-state index contributed by atoms with van der Waals surface area (Å²) in [6.45, 7) is 0.583. The number of amides is 1. The van der Waals surface area contributed by atoms with E-state index in [1.54, 1.807) is 30.1 Å². The number of aromatic hydroxyl groups is 1. The van der Waals surface area contributed by atoms with Crippen LogP contribution in [0.25, 0.3) is 0 Å². The van der Waals surface area contributed by atoms with Crippen molar-refractivity contribution in [2.24, 2.45) is 0 Å². The van der Waals surface area contributed by atoms with E-state index >= 15 is 0 Å². The summed E-state index contributed by atoms with van der Waals surface area (Å²) in [6, 6.07) is 5.14. The quantitative estimate of drug-likeness (QED) is 0.816. The van der Waals surface area contributed by atoms with Crippen LogP contribution in [-0.4, -0.2) is 42.5 Å². The summed E-state index contributed by atoms with van der Waals surface area (Å²) in [5, 5.41) is 9.43. The summed E-state index contributed by atoms with van der Waals surface area (Å²) in [5.74, 6) is 0.447. The fraction of sp³-hybridized carbons (Fsp3) is 0.417. The van der Waals surface area contributed by atoms with E-state index in [0.717, 1.165) is 5.56 Å². The highest BCUT2D eigenvalue weighted by molar-refractivity contribution is 6.27. The largest absolute Gasteiger partial charge is 0.504 e. The number of hydrogen-bond acceptors (Lipinski definition) is 3. The Bertz CT molecular complexity index is 395. The van der Waals surface area contributed by atoms with Crippen LogP contribution in [0.4, 0.5) is 0 Å². The lowest BCUT2D eigenvalue weighted by atomic mass is 10.1. The van der Waals surface area contributed by atoms with Crippen molar-refractivity contribution in [2.75, 3.05) is 26.6 Å². The molecule has 17 heavy (non-hydrogen) atoms. The zero-order chi connectivity index (χ0) is 12.8. The Morgan fingerprint density at radius 3 is 2.82 bits per heavy atom. The van der Waals surface area contributed by atoms with E-state index in [2.05, 4.69) is 0 Å². The lowest BCUT2D eigenvalue weighted by molar-refractivity contribution is -0.127. The Labute approximate surface area is 106 Å². The van der Waals surface area contributed by atoms with Gasteiger partial charge in [-0.2, -0.15) is 0 Å². The molecule has 0 fully saturated rings. The maximum Gasteiger partial charge on any atom is 0.237 e. The number of rotatable bonds is 5. The molecule has 4 nitrogen and oxygen atoms in total. The summed E-state index contributed by atoms with van der Waals surface area (Å²) in [6.07, 6.45) is 0.690. The zero-order valence-corrected chi connectivity index (χ0v) is 10.7. The number of hydrogen-bond donors (Lipinski definition) is 1. The average Bonchev–Trinajstić information content (AvgIpc) is 2.36. The van der Waals surface area contributed by atoms with Crippen LogP contribution in [0, 0.1) is 0 Å². The van der Waals surface area contributed by atoms with Gasteiger partial charge in [-0.3, -0.25) is 4.79 Å². The highest BCUT2D eigenvalue weighted by Gasteiger charge is 2.08. The van der Waals surface area contributed by atoms with Crippen LogP contribution in [0.2, 0.25) is 0 Å². The van der Waals surface area contributed by atoms with Gasteiger partial charge in [0.25, 0.3) is 0 Å². The lowest BCUT2D eigenvalue weighted by Gasteiger charge is -2.15. The number of alkyl halides is 1. The molecule has 0 radical (unpaired) electrons. The number of ether oxygens (including phenoxy) is 1. The predicted molar refractivity (Wildman–Crippen MR) is 66.7 cm³/mol. The van der Waals surface area contributed by atoms with Crippen LogP contribution in [-0.2, 0) is 11.2 Å². The maximum atomic E-state index is 11.2. The maximum absolute atomic E-state index is 11.2. The Morgan fingerprint density at radius 1 is 1.53 bits per heavy atom. The van der Waals surface area contributed by atoms with Crippen molar-refractivity contribution in [1.82, 2.24) is 4.90 Å². The van der Waals surface area contributed by atoms with Crippen molar-refractivity contribution < 1.29 is 14.6 Å². The van der Waals surface area contributed by atoms with Gasteiger partial charge in [0.2, 0.25) is 5.91 Å². The smallest absolute Gasteiger partial charge is 0.237 e. The van der Waals surface area contributed by atoms with E-state index in [0.29, 0.717) is 18.7 Å². The molecule has 0 heterocycles. The van der Waals surface area contributed by atoms with Gasteiger partial charge >= 0.3 is 0 Å². The lowest BCUT2D eigenvalue weighted by Crippen LogP contribution is -2.29. The number of carbonyl (C=O) groups excluding carboxylic acids is 1. The molecule has 1 aromatic carbocycles. The molecule has 0 spiro atoms. The number of carbonyl (C=O) groups is 1. The summed E-state index contributed by atoms with van der Waals surface area (Å²) < 4.78 is 5.01. The molecule has 0 aliphatic heterocycles. The Hall–Kier alpha value is -1.42. The Morgan fingerprint density at radius 2 is 2.24 bits per heavy atom. The van der Waals surface area contributed by atoms with E-state index in [4.69, 9.17) is 16.3 Å². The Balaban J connectivity index is 2.60. The second kappa shape index (κ2) is 6.35. The number of phenols is 1. The van der Waals surface area contributed by atoms with E-state index in [1.165, 1.54) is 7.11 Å². The fourth-order valence-corrected chi connectivity index (χ4v) is 1.61. The third kappa shape index (κ3) is 3.82. The monoisotopic (exact) mass is 257 g/mol. The molecule has 0 bridgehead atoms.